The summed E-state index contributed by atoms with van der Waals surface area (Å²) in [6.45, 7) is 0. The molecule has 0 N–H and O–H groups in total. The number of hydrogen-bond acceptors (Lipinski definition) is 4. The molecule has 3 aromatic carbocycles. The summed E-state index contributed by atoms with van der Waals surface area (Å²) < 4.78 is 6.53. The van der Waals surface area contributed by atoms with E-state index in [2.05, 4.69) is 115 Å². The van der Waals surface area contributed by atoms with E-state index in [4.69, 9.17) is 19.4 Å². The summed E-state index contributed by atoms with van der Waals surface area (Å²) >= 11 is 0. The van der Waals surface area contributed by atoms with Gasteiger partial charge in [0.15, 0.2) is 17.5 Å². The molecule has 43 heavy (non-hydrogen) atoms. The molecule has 0 saturated heterocycles. The SMILES string of the molecule is C1=CCCC(c2nc(C3=CCCC=C3)nc(C3=CC(c4ccc(-c5ccccc5)cc4)Cc4oc5ccccc5c43)n2)=C1. The maximum Gasteiger partial charge on any atom is 0.164 e. The summed E-state index contributed by atoms with van der Waals surface area (Å²) in [5, 5.41) is 1.10. The van der Waals surface area contributed by atoms with Crippen molar-refractivity contribution in [2.45, 2.75) is 38.0 Å². The van der Waals surface area contributed by atoms with E-state index in [1.165, 1.54) is 16.7 Å². The van der Waals surface area contributed by atoms with Gasteiger partial charge in [0.2, 0.25) is 0 Å². The Hall–Kier alpha value is -5.09. The third-order valence-electron chi connectivity index (χ3n) is 8.59. The number of nitrogens with zero attached hydrogens (tertiary/aromatic N) is 3. The minimum Gasteiger partial charge on any atom is -0.460 e. The van der Waals surface area contributed by atoms with E-state index >= 15 is 0 Å². The predicted molar refractivity (Wildman–Crippen MR) is 174 cm³/mol. The van der Waals surface area contributed by atoms with E-state index in [0.29, 0.717) is 5.82 Å². The third kappa shape index (κ3) is 4.89. The standard InChI is InChI=1S/C39H31N3O/c1-4-12-26(13-5-1)27-20-22-28(23-21-27)31-24-33(36-32-18-10-11-19-34(32)43-35(36)25-31)39-41-37(29-14-6-2-7-15-29)40-38(42-39)30-16-8-3-9-17-30/h1-2,4-6,8,10-14,16-24,31H,3,7,9,15,25H2. The van der Waals surface area contributed by atoms with Crippen LogP contribution in [0.5, 0.6) is 0 Å². The number of aromatic nitrogens is 3. The van der Waals surface area contributed by atoms with Crippen LogP contribution in [0.3, 0.4) is 0 Å². The molecule has 5 aromatic rings. The maximum atomic E-state index is 6.53. The van der Waals surface area contributed by atoms with Crippen LogP contribution in [0.25, 0.3) is 38.8 Å². The molecule has 3 aliphatic carbocycles. The molecule has 1 unspecified atom stereocenters. The van der Waals surface area contributed by atoms with Crippen molar-refractivity contribution in [3.8, 4) is 11.1 Å². The van der Waals surface area contributed by atoms with Crippen molar-refractivity contribution in [1.29, 1.82) is 0 Å². The molecule has 0 amide bonds. The van der Waals surface area contributed by atoms with Crippen molar-refractivity contribution >= 4 is 27.7 Å². The first-order valence-electron chi connectivity index (χ1n) is 15.2. The van der Waals surface area contributed by atoms with Gasteiger partial charge in [-0.25, -0.2) is 15.0 Å². The molecule has 4 heteroatoms. The summed E-state index contributed by atoms with van der Waals surface area (Å²) in [5.41, 5.74) is 8.89. The number of furan rings is 1. The van der Waals surface area contributed by atoms with Gasteiger partial charge < -0.3 is 4.42 Å². The molecular weight excluding hydrogens is 526 g/mol. The minimum absolute atomic E-state index is 0.127. The first-order valence-corrected chi connectivity index (χ1v) is 15.2. The zero-order valence-corrected chi connectivity index (χ0v) is 23.9. The molecule has 208 valence electrons. The van der Waals surface area contributed by atoms with Crippen molar-refractivity contribution in [3.05, 3.63) is 156 Å². The topological polar surface area (TPSA) is 51.8 Å². The van der Waals surface area contributed by atoms with Crippen molar-refractivity contribution in [1.82, 2.24) is 15.0 Å². The lowest BCUT2D eigenvalue weighted by atomic mass is 9.83. The molecule has 0 radical (unpaired) electrons. The second kappa shape index (κ2) is 11.0. The maximum absolute atomic E-state index is 6.53. The lowest BCUT2D eigenvalue weighted by Gasteiger charge is -2.22. The van der Waals surface area contributed by atoms with Crippen LogP contribution in [-0.2, 0) is 6.42 Å². The van der Waals surface area contributed by atoms with Crippen LogP contribution in [0.2, 0.25) is 0 Å². The van der Waals surface area contributed by atoms with E-state index in [9.17, 15) is 0 Å². The summed E-state index contributed by atoms with van der Waals surface area (Å²) in [7, 11) is 0. The minimum atomic E-state index is 0.127. The quantitative estimate of drug-likeness (QED) is 0.216. The Morgan fingerprint density at radius 3 is 2.30 bits per heavy atom. The average Bonchev–Trinajstić information content (AvgIpc) is 3.47. The van der Waals surface area contributed by atoms with Crippen LogP contribution in [0.15, 0.2) is 126 Å². The van der Waals surface area contributed by atoms with Gasteiger partial charge in [-0.3, -0.25) is 0 Å². The Bertz CT molecular complexity index is 1990. The number of para-hydroxylation sites is 1. The molecule has 4 nitrogen and oxygen atoms in total. The first kappa shape index (κ1) is 25.6. The molecule has 0 fully saturated rings. The van der Waals surface area contributed by atoms with Gasteiger partial charge in [-0.15, -0.1) is 0 Å². The Morgan fingerprint density at radius 1 is 0.698 bits per heavy atom. The highest BCUT2D eigenvalue weighted by Crippen LogP contribution is 2.43. The summed E-state index contributed by atoms with van der Waals surface area (Å²) in [4.78, 5) is 15.3. The Balaban J connectivity index is 1.29. The fourth-order valence-corrected chi connectivity index (χ4v) is 6.37. The second-order valence-electron chi connectivity index (χ2n) is 11.4. The van der Waals surface area contributed by atoms with Gasteiger partial charge in [0, 0.05) is 34.4 Å². The molecule has 1 atom stereocenters. The van der Waals surface area contributed by atoms with Gasteiger partial charge in [0.25, 0.3) is 0 Å². The van der Waals surface area contributed by atoms with Crippen LogP contribution in [-0.4, -0.2) is 15.0 Å². The monoisotopic (exact) mass is 557 g/mol. The summed E-state index contributed by atoms with van der Waals surface area (Å²) in [5.74, 6) is 3.30. The van der Waals surface area contributed by atoms with Gasteiger partial charge in [-0.1, -0.05) is 115 Å². The van der Waals surface area contributed by atoms with Gasteiger partial charge in [0.1, 0.15) is 11.3 Å². The highest BCUT2D eigenvalue weighted by atomic mass is 16.3. The first-order chi connectivity index (χ1) is 21.3. The van der Waals surface area contributed by atoms with E-state index < -0.39 is 0 Å². The fraction of sp³-hybridized carbons (Fsp3) is 0.154. The molecule has 0 bridgehead atoms. The van der Waals surface area contributed by atoms with E-state index in [1.54, 1.807) is 0 Å². The normalized spacial score (nSPS) is 17.8. The highest BCUT2D eigenvalue weighted by Gasteiger charge is 2.30. The molecule has 0 saturated carbocycles. The van der Waals surface area contributed by atoms with E-state index in [0.717, 1.165) is 82.8 Å². The van der Waals surface area contributed by atoms with E-state index in [1.807, 2.05) is 6.07 Å². The fourth-order valence-electron chi connectivity index (χ4n) is 6.37. The van der Waals surface area contributed by atoms with Crippen LogP contribution >= 0.6 is 0 Å². The Labute approximate surface area is 251 Å². The third-order valence-corrected chi connectivity index (χ3v) is 8.59. The molecule has 0 aliphatic heterocycles. The molecular formula is C39H31N3O. The number of benzene rings is 3. The van der Waals surface area contributed by atoms with Crippen LogP contribution in [0.1, 0.15) is 66.0 Å². The molecule has 0 spiro atoms. The largest absolute Gasteiger partial charge is 0.460 e. The van der Waals surface area contributed by atoms with Crippen molar-refractivity contribution < 1.29 is 4.42 Å². The lowest BCUT2D eigenvalue weighted by molar-refractivity contribution is 0.531. The zero-order valence-electron chi connectivity index (χ0n) is 23.9. The van der Waals surface area contributed by atoms with Crippen molar-refractivity contribution in [2.24, 2.45) is 0 Å². The number of fused-ring (bicyclic) bond motifs is 3. The predicted octanol–water partition coefficient (Wildman–Crippen LogP) is 9.52. The van der Waals surface area contributed by atoms with Crippen molar-refractivity contribution in [3.63, 3.8) is 0 Å². The Morgan fingerprint density at radius 2 is 1.49 bits per heavy atom. The van der Waals surface area contributed by atoms with Gasteiger partial charge in [0.05, 0.1) is 0 Å². The molecule has 3 aliphatic rings. The lowest BCUT2D eigenvalue weighted by Crippen LogP contribution is -2.13. The van der Waals surface area contributed by atoms with E-state index in [-0.39, 0.29) is 5.92 Å². The number of hydrogen-bond donors (Lipinski definition) is 0. The van der Waals surface area contributed by atoms with Crippen molar-refractivity contribution in [2.75, 3.05) is 0 Å². The number of rotatable bonds is 5. The smallest absolute Gasteiger partial charge is 0.164 e. The van der Waals surface area contributed by atoms with Gasteiger partial charge >= 0.3 is 0 Å². The van der Waals surface area contributed by atoms with Gasteiger partial charge in [-0.05, 0) is 54.0 Å². The van der Waals surface area contributed by atoms with Crippen LogP contribution in [0.4, 0.5) is 0 Å². The molecule has 2 aromatic heterocycles. The number of allylic oxidation sites excluding steroid dienone is 9. The zero-order chi connectivity index (χ0) is 28.6. The summed E-state index contributed by atoms with van der Waals surface area (Å²) in [6, 6.07) is 27.8. The average molecular weight is 558 g/mol. The van der Waals surface area contributed by atoms with Crippen LogP contribution in [0, 0.1) is 0 Å². The van der Waals surface area contributed by atoms with Crippen LogP contribution < -0.4 is 0 Å². The summed E-state index contributed by atoms with van der Waals surface area (Å²) in [6.07, 6.45) is 20.1. The second-order valence-corrected chi connectivity index (χ2v) is 11.4. The van der Waals surface area contributed by atoms with Gasteiger partial charge in [-0.2, -0.15) is 0 Å². The molecule has 2 heterocycles. The molecule has 8 rings (SSSR count). The Kier molecular flexibility index (Phi) is 6.52. The highest BCUT2D eigenvalue weighted by molar-refractivity contribution is 5.97.